The fraction of sp³-hybridized carbons (Fsp3) is 0.667. The van der Waals surface area contributed by atoms with Gasteiger partial charge in [-0.05, 0) is 17.4 Å². The molecule has 1 aromatic rings. The van der Waals surface area contributed by atoms with E-state index in [1.807, 2.05) is 12.3 Å². The van der Waals surface area contributed by atoms with Crippen molar-refractivity contribution in [3.63, 3.8) is 0 Å². The molecule has 1 aliphatic rings. The van der Waals surface area contributed by atoms with E-state index in [4.69, 9.17) is 11.3 Å². The molecule has 22 heavy (non-hydrogen) atoms. The van der Waals surface area contributed by atoms with Crippen LogP contribution < -0.4 is 4.74 Å². The Balaban J connectivity index is 1.66. The minimum atomic E-state index is 0.128. The molecule has 1 saturated heterocycles. The number of piperidine rings is 1. The van der Waals surface area contributed by atoms with E-state index in [-0.39, 0.29) is 11.5 Å². The van der Waals surface area contributed by atoms with Gasteiger partial charge in [0.2, 0.25) is 11.9 Å². The molecular weight excluding hydrogens is 274 g/mol. The fourth-order valence-electron chi connectivity index (χ4n) is 2.65. The van der Waals surface area contributed by atoms with E-state index < -0.39 is 0 Å². The van der Waals surface area contributed by atoms with Crippen LogP contribution in [0.4, 0.5) is 0 Å². The largest absolute Gasteiger partial charge is 0.478 e. The number of ether oxygens (including phenoxy) is 1. The van der Waals surface area contributed by atoms with Crippen molar-refractivity contribution in [1.82, 2.24) is 9.88 Å². The third-order valence-corrected chi connectivity index (χ3v) is 4.21. The van der Waals surface area contributed by atoms with E-state index in [0.717, 1.165) is 38.9 Å². The number of likely N-dealkylation sites (tertiary alicyclic amines) is 1. The maximum absolute atomic E-state index is 7.06. The molecule has 0 unspecified atom stereocenters. The number of pyridine rings is 1. The zero-order chi connectivity index (χ0) is 16.0. The second-order valence-electron chi connectivity index (χ2n) is 7.04. The van der Waals surface area contributed by atoms with Crippen molar-refractivity contribution in [3.05, 3.63) is 35.3 Å². The van der Waals surface area contributed by atoms with Gasteiger partial charge in [0.1, 0.15) is 0 Å². The first-order chi connectivity index (χ1) is 10.5. The molecule has 4 nitrogen and oxygen atoms in total. The summed E-state index contributed by atoms with van der Waals surface area (Å²) in [5.41, 5.74) is 1.35. The lowest BCUT2D eigenvalue weighted by Crippen LogP contribution is -2.35. The fourth-order valence-corrected chi connectivity index (χ4v) is 2.65. The van der Waals surface area contributed by atoms with Crippen LogP contribution in [0.3, 0.4) is 0 Å². The topological polar surface area (TPSA) is 29.7 Å². The van der Waals surface area contributed by atoms with Crippen LogP contribution in [0.1, 0.15) is 45.6 Å². The van der Waals surface area contributed by atoms with Crippen molar-refractivity contribution >= 4 is 0 Å². The summed E-state index contributed by atoms with van der Waals surface area (Å²) in [6.45, 7) is 17.4. The SMILES string of the molecule is [C-]#[N+]C1CCN(CCCOc2ccc(C(C)(C)C)cn2)CC1. The average Bonchev–Trinajstić information content (AvgIpc) is 2.52. The number of hydrogen-bond acceptors (Lipinski definition) is 3. The molecule has 0 saturated carbocycles. The number of nitrogens with zero attached hydrogens (tertiary/aromatic N) is 3. The summed E-state index contributed by atoms with van der Waals surface area (Å²) in [7, 11) is 0. The molecule has 4 heteroatoms. The van der Waals surface area contributed by atoms with Gasteiger partial charge in [-0.15, -0.1) is 0 Å². The molecule has 0 aromatic carbocycles. The van der Waals surface area contributed by atoms with E-state index in [0.29, 0.717) is 12.5 Å². The molecule has 1 aromatic heterocycles. The lowest BCUT2D eigenvalue weighted by Gasteiger charge is -2.26. The number of aromatic nitrogens is 1. The molecule has 2 rings (SSSR count). The van der Waals surface area contributed by atoms with Crippen LogP contribution in [0.5, 0.6) is 5.88 Å². The van der Waals surface area contributed by atoms with Crippen LogP contribution in [0.2, 0.25) is 0 Å². The Morgan fingerprint density at radius 2 is 2.05 bits per heavy atom. The van der Waals surface area contributed by atoms with Gasteiger partial charge in [-0.1, -0.05) is 26.8 Å². The molecule has 1 aliphatic heterocycles. The van der Waals surface area contributed by atoms with Crippen LogP contribution in [0, 0.1) is 6.57 Å². The second kappa shape index (κ2) is 7.60. The quantitative estimate of drug-likeness (QED) is 0.615. The highest BCUT2D eigenvalue weighted by atomic mass is 16.5. The Morgan fingerprint density at radius 3 is 2.59 bits per heavy atom. The average molecular weight is 301 g/mol. The van der Waals surface area contributed by atoms with Gasteiger partial charge in [0, 0.05) is 44.7 Å². The van der Waals surface area contributed by atoms with E-state index in [1.54, 1.807) is 0 Å². The number of rotatable bonds is 5. The van der Waals surface area contributed by atoms with E-state index in [1.165, 1.54) is 5.56 Å². The van der Waals surface area contributed by atoms with E-state index >= 15 is 0 Å². The first-order valence-electron chi connectivity index (χ1n) is 8.17. The highest BCUT2D eigenvalue weighted by molar-refractivity contribution is 5.23. The predicted octanol–water partition coefficient (Wildman–Crippen LogP) is 3.53. The summed E-state index contributed by atoms with van der Waals surface area (Å²) >= 11 is 0. The zero-order valence-electron chi connectivity index (χ0n) is 14.0. The Kier molecular flexibility index (Phi) is 5.79. The molecule has 120 valence electrons. The molecule has 2 heterocycles. The Bertz CT molecular complexity index is 491. The molecular formula is C18H27N3O. The first kappa shape index (κ1) is 16.8. The van der Waals surface area contributed by atoms with Gasteiger partial charge in [0.05, 0.1) is 6.61 Å². The van der Waals surface area contributed by atoms with Gasteiger partial charge in [-0.25, -0.2) is 11.6 Å². The van der Waals surface area contributed by atoms with Gasteiger partial charge < -0.3 is 14.5 Å². The molecule has 0 spiro atoms. The van der Waals surface area contributed by atoms with Crippen LogP contribution >= 0.6 is 0 Å². The van der Waals surface area contributed by atoms with Gasteiger partial charge in [-0.3, -0.25) is 0 Å². The van der Waals surface area contributed by atoms with Crippen molar-refractivity contribution in [2.45, 2.75) is 51.5 Å². The molecule has 0 N–H and O–H groups in total. The van der Waals surface area contributed by atoms with Gasteiger partial charge >= 0.3 is 0 Å². The normalized spacial score (nSPS) is 17.2. The van der Waals surface area contributed by atoms with Crippen molar-refractivity contribution in [1.29, 1.82) is 0 Å². The van der Waals surface area contributed by atoms with Crippen molar-refractivity contribution in [3.8, 4) is 5.88 Å². The molecule has 0 amide bonds. The molecule has 1 fully saturated rings. The molecule has 0 bridgehead atoms. The third kappa shape index (κ3) is 4.99. The lowest BCUT2D eigenvalue weighted by atomic mass is 9.88. The summed E-state index contributed by atoms with van der Waals surface area (Å²) in [6.07, 6.45) is 4.94. The summed E-state index contributed by atoms with van der Waals surface area (Å²) < 4.78 is 5.72. The Morgan fingerprint density at radius 1 is 1.32 bits per heavy atom. The van der Waals surface area contributed by atoms with Crippen LogP contribution in [-0.4, -0.2) is 42.2 Å². The predicted molar refractivity (Wildman–Crippen MR) is 89.1 cm³/mol. The van der Waals surface area contributed by atoms with E-state index in [9.17, 15) is 0 Å². The summed E-state index contributed by atoms with van der Waals surface area (Å²) in [4.78, 5) is 10.4. The highest BCUT2D eigenvalue weighted by Crippen LogP contribution is 2.22. The van der Waals surface area contributed by atoms with E-state index in [2.05, 4.69) is 41.6 Å². The van der Waals surface area contributed by atoms with Crippen molar-refractivity contribution in [2.75, 3.05) is 26.2 Å². The molecule has 0 radical (unpaired) electrons. The van der Waals surface area contributed by atoms with Crippen molar-refractivity contribution in [2.24, 2.45) is 0 Å². The maximum Gasteiger partial charge on any atom is 0.226 e. The van der Waals surface area contributed by atoms with Crippen LogP contribution in [0.25, 0.3) is 4.85 Å². The summed E-state index contributed by atoms with van der Waals surface area (Å²) in [6, 6.07) is 4.30. The number of hydrogen-bond donors (Lipinski definition) is 0. The van der Waals surface area contributed by atoms with Gasteiger partial charge in [-0.2, -0.15) is 0 Å². The maximum atomic E-state index is 7.06. The minimum absolute atomic E-state index is 0.128. The first-order valence-corrected chi connectivity index (χ1v) is 8.17. The minimum Gasteiger partial charge on any atom is -0.478 e. The zero-order valence-corrected chi connectivity index (χ0v) is 14.0. The summed E-state index contributed by atoms with van der Waals surface area (Å²) in [5.74, 6) is 0.708. The van der Waals surface area contributed by atoms with Crippen LogP contribution in [0.15, 0.2) is 18.3 Å². The Labute approximate surface area is 134 Å². The van der Waals surface area contributed by atoms with Gasteiger partial charge in [0.25, 0.3) is 0 Å². The Hall–Kier alpha value is -1.60. The third-order valence-electron chi connectivity index (χ3n) is 4.21. The molecule has 0 aliphatic carbocycles. The van der Waals surface area contributed by atoms with Crippen molar-refractivity contribution < 1.29 is 4.74 Å². The monoisotopic (exact) mass is 301 g/mol. The van der Waals surface area contributed by atoms with Crippen LogP contribution in [-0.2, 0) is 5.41 Å². The smallest absolute Gasteiger partial charge is 0.226 e. The second-order valence-corrected chi connectivity index (χ2v) is 7.04. The lowest BCUT2D eigenvalue weighted by molar-refractivity contribution is 0.199. The molecule has 0 atom stereocenters. The summed E-state index contributed by atoms with van der Waals surface area (Å²) in [5, 5.41) is 0. The standard InChI is InChI=1S/C18H27N3O/c1-18(2,3)15-6-7-17(20-14-15)22-13-5-10-21-11-8-16(19-4)9-12-21/h6-7,14,16H,5,8-13H2,1-3H3. The van der Waals surface area contributed by atoms with Gasteiger partial charge in [0.15, 0.2) is 0 Å². The highest BCUT2D eigenvalue weighted by Gasteiger charge is 2.21.